The maximum Gasteiger partial charge on any atom is 0.416 e. The summed E-state index contributed by atoms with van der Waals surface area (Å²) < 4.78 is 38.4. The minimum Gasteiger partial charge on any atom is -0.345 e. The van der Waals surface area contributed by atoms with Gasteiger partial charge < -0.3 is 5.32 Å². The molecular weight excluding hydrogens is 291 g/mol. The molecule has 0 aromatic heterocycles. The van der Waals surface area contributed by atoms with Gasteiger partial charge in [-0.2, -0.15) is 13.2 Å². The fraction of sp³-hybridized carbons (Fsp3) is 0.353. The van der Waals surface area contributed by atoms with E-state index >= 15 is 0 Å². The van der Waals surface area contributed by atoms with Crippen LogP contribution in [0.3, 0.4) is 0 Å². The SMILES string of the molecule is C/C=C/C=C/C(=O)NC(c1cccc(C(F)(F)F)c1)C(C)C. The van der Waals surface area contributed by atoms with E-state index in [0.717, 1.165) is 12.1 Å². The number of allylic oxidation sites excluding steroid dienone is 3. The third kappa shape index (κ3) is 5.39. The summed E-state index contributed by atoms with van der Waals surface area (Å²) in [5.41, 5.74) is -0.271. The van der Waals surface area contributed by atoms with Crippen LogP contribution < -0.4 is 5.32 Å². The summed E-state index contributed by atoms with van der Waals surface area (Å²) in [5.74, 6) is -0.378. The molecule has 0 radical (unpaired) electrons. The van der Waals surface area contributed by atoms with Gasteiger partial charge in [0.05, 0.1) is 11.6 Å². The number of amides is 1. The lowest BCUT2D eigenvalue weighted by Crippen LogP contribution is -2.30. The number of alkyl halides is 3. The first-order valence-corrected chi connectivity index (χ1v) is 7.02. The predicted octanol–water partition coefficient (Wildman–Crippen LogP) is 4.65. The highest BCUT2D eigenvalue weighted by atomic mass is 19.4. The normalized spacial score (nSPS) is 14.0. The summed E-state index contributed by atoms with van der Waals surface area (Å²) in [6.07, 6.45) is 2.01. The predicted molar refractivity (Wildman–Crippen MR) is 81.1 cm³/mol. The first-order valence-electron chi connectivity index (χ1n) is 7.02. The highest BCUT2D eigenvalue weighted by Gasteiger charge is 2.31. The second kappa shape index (κ2) is 7.82. The van der Waals surface area contributed by atoms with Crippen LogP contribution in [-0.2, 0) is 11.0 Å². The minimum atomic E-state index is -4.40. The molecule has 0 aliphatic carbocycles. The number of halogens is 3. The molecule has 1 unspecified atom stereocenters. The molecule has 2 nitrogen and oxygen atoms in total. The number of carbonyl (C=O) groups is 1. The highest BCUT2D eigenvalue weighted by molar-refractivity contribution is 5.88. The van der Waals surface area contributed by atoms with Gasteiger partial charge in [0, 0.05) is 6.08 Å². The molecule has 0 fully saturated rings. The van der Waals surface area contributed by atoms with E-state index in [-0.39, 0.29) is 11.8 Å². The van der Waals surface area contributed by atoms with Crippen LogP contribution in [0.25, 0.3) is 0 Å². The number of carbonyl (C=O) groups excluding carboxylic acids is 1. The van der Waals surface area contributed by atoms with Gasteiger partial charge in [-0.1, -0.05) is 44.2 Å². The minimum absolute atomic E-state index is 0.0393. The fourth-order valence-corrected chi connectivity index (χ4v) is 2.00. The van der Waals surface area contributed by atoms with Crippen molar-refractivity contribution in [1.29, 1.82) is 0 Å². The fourth-order valence-electron chi connectivity index (χ4n) is 2.00. The molecule has 0 aliphatic rings. The van der Waals surface area contributed by atoms with E-state index in [1.807, 2.05) is 20.8 Å². The largest absolute Gasteiger partial charge is 0.416 e. The zero-order chi connectivity index (χ0) is 16.8. The van der Waals surface area contributed by atoms with Gasteiger partial charge in [0.15, 0.2) is 0 Å². The number of hydrogen-bond acceptors (Lipinski definition) is 1. The van der Waals surface area contributed by atoms with Crippen LogP contribution in [-0.4, -0.2) is 5.91 Å². The summed E-state index contributed by atoms with van der Waals surface area (Å²) in [6.45, 7) is 5.52. The van der Waals surface area contributed by atoms with Crippen molar-refractivity contribution in [3.8, 4) is 0 Å². The Labute approximate surface area is 128 Å². The maximum absolute atomic E-state index is 12.8. The summed E-state index contributed by atoms with van der Waals surface area (Å²) in [6, 6.07) is 4.57. The molecule has 0 saturated carbocycles. The summed E-state index contributed by atoms with van der Waals surface area (Å²) in [4.78, 5) is 11.8. The molecule has 0 bridgehead atoms. The molecular formula is C17H20F3NO. The molecule has 1 amide bonds. The van der Waals surface area contributed by atoms with Gasteiger partial charge in [-0.25, -0.2) is 0 Å². The number of hydrogen-bond donors (Lipinski definition) is 1. The Morgan fingerprint density at radius 2 is 1.91 bits per heavy atom. The van der Waals surface area contributed by atoms with Gasteiger partial charge in [0.25, 0.3) is 0 Å². The van der Waals surface area contributed by atoms with Gasteiger partial charge >= 0.3 is 6.18 Å². The standard InChI is InChI=1S/C17H20F3NO/c1-4-5-6-10-15(22)21-16(12(2)3)13-8-7-9-14(11-13)17(18,19)20/h4-12,16H,1-3H3,(H,21,22)/b5-4+,10-6+. The summed E-state index contributed by atoms with van der Waals surface area (Å²) in [7, 11) is 0. The van der Waals surface area contributed by atoms with Crippen LogP contribution in [0.1, 0.15) is 37.9 Å². The van der Waals surface area contributed by atoms with Crippen LogP contribution >= 0.6 is 0 Å². The number of rotatable bonds is 5. The van der Waals surface area contributed by atoms with E-state index < -0.39 is 17.8 Å². The van der Waals surface area contributed by atoms with Crippen LogP contribution in [0.15, 0.2) is 48.6 Å². The first kappa shape index (κ1) is 18.0. The molecule has 1 N–H and O–H groups in total. The third-order valence-electron chi connectivity index (χ3n) is 3.09. The first-order chi connectivity index (χ1) is 10.3. The highest BCUT2D eigenvalue weighted by Crippen LogP contribution is 2.32. The zero-order valence-electron chi connectivity index (χ0n) is 12.8. The van der Waals surface area contributed by atoms with Crippen molar-refractivity contribution in [3.05, 3.63) is 59.7 Å². The molecule has 22 heavy (non-hydrogen) atoms. The summed E-state index contributed by atoms with van der Waals surface area (Å²) in [5, 5.41) is 2.74. The van der Waals surface area contributed by atoms with Gasteiger partial charge in [-0.3, -0.25) is 4.79 Å². The molecule has 1 aromatic rings. The lowest BCUT2D eigenvalue weighted by atomic mass is 9.94. The lowest BCUT2D eigenvalue weighted by molar-refractivity contribution is -0.137. The van der Waals surface area contributed by atoms with E-state index in [9.17, 15) is 18.0 Å². The smallest absolute Gasteiger partial charge is 0.345 e. The zero-order valence-corrected chi connectivity index (χ0v) is 12.8. The van der Waals surface area contributed by atoms with Crippen LogP contribution in [0.5, 0.6) is 0 Å². The van der Waals surface area contributed by atoms with Crippen LogP contribution in [0.4, 0.5) is 13.2 Å². The van der Waals surface area contributed by atoms with Gasteiger partial charge in [0.1, 0.15) is 0 Å². The average Bonchev–Trinajstić information content (AvgIpc) is 2.44. The molecule has 0 saturated heterocycles. The Bertz CT molecular complexity index is 559. The number of nitrogens with one attached hydrogen (secondary N) is 1. The van der Waals surface area contributed by atoms with Crippen LogP contribution in [0, 0.1) is 5.92 Å². The van der Waals surface area contributed by atoms with E-state index in [1.54, 1.807) is 24.3 Å². The Balaban J connectivity index is 2.99. The molecule has 120 valence electrons. The molecule has 0 aliphatic heterocycles. The van der Waals surface area contributed by atoms with Crippen molar-refractivity contribution in [2.75, 3.05) is 0 Å². The lowest BCUT2D eigenvalue weighted by Gasteiger charge is -2.23. The Morgan fingerprint density at radius 1 is 1.23 bits per heavy atom. The molecule has 1 rings (SSSR count). The van der Waals surface area contributed by atoms with E-state index in [2.05, 4.69) is 5.32 Å². The Kier molecular flexibility index (Phi) is 6.40. The van der Waals surface area contributed by atoms with Crippen molar-refractivity contribution in [2.24, 2.45) is 5.92 Å². The molecule has 5 heteroatoms. The van der Waals surface area contributed by atoms with Crippen molar-refractivity contribution in [1.82, 2.24) is 5.32 Å². The average molecular weight is 311 g/mol. The van der Waals surface area contributed by atoms with Crippen molar-refractivity contribution < 1.29 is 18.0 Å². The molecule has 1 atom stereocenters. The van der Waals surface area contributed by atoms with Crippen molar-refractivity contribution in [2.45, 2.75) is 33.0 Å². The Morgan fingerprint density at radius 3 is 2.45 bits per heavy atom. The monoisotopic (exact) mass is 311 g/mol. The topological polar surface area (TPSA) is 29.1 Å². The Hall–Kier alpha value is -2.04. The van der Waals surface area contributed by atoms with Crippen molar-refractivity contribution >= 4 is 5.91 Å². The van der Waals surface area contributed by atoms with E-state index in [0.29, 0.717) is 5.56 Å². The third-order valence-corrected chi connectivity index (χ3v) is 3.09. The van der Waals surface area contributed by atoms with Crippen molar-refractivity contribution in [3.63, 3.8) is 0 Å². The van der Waals surface area contributed by atoms with Gasteiger partial charge in [0.2, 0.25) is 5.91 Å². The van der Waals surface area contributed by atoms with E-state index in [4.69, 9.17) is 0 Å². The molecule has 1 aromatic carbocycles. The molecule has 0 heterocycles. The quantitative estimate of drug-likeness (QED) is 0.622. The van der Waals surface area contributed by atoms with Gasteiger partial charge in [-0.05, 0) is 30.5 Å². The maximum atomic E-state index is 12.8. The molecule has 0 spiro atoms. The second-order valence-electron chi connectivity index (χ2n) is 5.24. The second-order valence-corrected chi connectivity index (χ2v) is 5.24. The van der Waals surface area contributed by atoms with Crippen LogP contribution in [0.2, 0.25) is 0 Å². The van der Waals surface area contributed by atoms with E-state index in [1.165, 1.54) is 12.1 Å². The number of benzene rings is 1. The summed E-state index contributed by atoms with van der Waals surface area (Å²) >= 11 is 0. The van der Waals surface area contributed by atoms with Gasteiger partial charge in [-0.15, -0.1) is 0 Å².